The zero-order valence-corrected chi connectivity index (χ0v) is 11.3. The Bertz CT molecular complexity index is 559. The molecule has 0 heterocycles. The molecule has 2 nitrogen and oxygen atoms in total. The van der Waals surface area contributed by atoms with Crippen LogP contribution in [0.1, 0.15) is 6.92 Å². The van der Waals surface area contributed by atoms with Gasteiger partial charge in [-0.1, -0.05) is 30.3 Å². The van der Waals surface area contributed by atoms with Crippen molar-refractivity contribution in [2.24, 2.45) is 0 Å². The quantitative estimate of drug-likeness (QED) is 0.856. The Morgan fingerprint density at radius 1 is 1.11 bits per heavy atom. The third kappa shape index (κ3) is 3.83. The van der Waals surface area contributed by atoms with Crippen molar-refractivity contribution in [1.29, 1.82) is 0 Å². The van der Waals surface area contributed by atoms with Crippen LogP contribution in [0.25, 0.3) is 0 Å². The molecule has 0 bridgehead atoms. The Hall–Kier alpha value is -1.81. The maximum atomic E-state index is 13.4. The van der Waals surface area contributed by atoms with Crippen LogP contribution in [-0.2, 0) is 4.79 Å². The van der Waals surface area contributed by atoms with Crippen molar-refractivity contribution in [1.82, 2.24) is 0 Å². The van der Waals surface area contributed by atoms with Crippen molar-refractivity contribution in [3.63, 3.8) is 0 Å². The molecular weight excluding hydrogens is 261 g/mol. The van der Waals surface area contributed by atoms with Crippen molar-refractivity contribution in [3.05, 3.63) is 60.4 Å². The number of carbonyl (C=O) groups is 1. The van der Waals surface area contributed by atoms with E-state index in [2.05, 4.69) is 5.32 Å². The number of amides is 1. The lowest BCUT2D eigenvalue weighted by Gasteiger charge is -2.12. The fourth-order valence-electron chi connectivity index (χ4n) is 1.55. The number of hydrogen-bond acceptors (Lipinski definition) is 2. The maximum Gasteiger partial charge on any atom is 0.237 e. The molecule has 2 rings (SSSR count). The zero-order valence-electron chi connectivity index (χ0n) is 10.5. The second kappa shape index (κ2) is 6.38. The summed E-state index contributed by atoms with van der Waals surface area (Å²) in [6.07, 6.45) is 0. The van der Waals surface area contributed by atoms with Gasteiger partial charge in [0.1, 0.15) is 5.82 Å². The predicted molar refractivity (Wildman–Crippen MR) is 76.8 cm³/mol. The van der Waals surface area contributed by atoms with Gasteiger partial charge in [0.2, 0.25) is 5.91 Å². The molecule has 19 heavy (non-hydrogen) atoms. The molecule has 1 atom stereocenters. The van der Waals surface area contributed by atoms with E-state index in [1.807, 2.05) is 30.3 Å². The number of para-hydroxylation sites is 1. The van der Waals surface area contributed by atoms with Crippen LogP contribution in [0.4, 0.5) is 10.1 Å². The van der Waals surface area contributed by atoms with Gasteiger partial charge >= 0.3 is 0 Å². The van der Waals surface area contributed by atoms with Gasteiger partial charge in [-0.05, 0) is 31.2 Å². The number of anilines is 1. The van der Waals surface area contributed by atoms with E-state index in [0.29, 0.717) is 0 Å². The van der Waals surface area contributed by atoms with Crippen molar-refractivity contribution in [2.75, 3.05) is 5.32 Å². The van der Waals surface area contributed by atoms with E-state index in [-0.39, 0.29) is 16.8 Å². The highest BCUT2D eigenvalue weighted by Gasteiger charge is 2.15. The molecule has 0 aliphatic heterocycles. The summed E-state index contributed by atoms with van der Waals surface area (Å²) in [5.41, 5.74) is 0.216. The first-order valence-corrected chi connectivity index (χ1v) is 6.82. The Morgan fingerprint density at radius 2 is 1.74 bits per heavy atom. The first-order chi connectivity index (χ1) is 9.16. The van der Waals surface area contributed by atoms with Crippen LogP contribution in [0.15, 0.2) is 59.5 Å². The van der Waals surface area contributed by atoms with E-state index < -0.39 is 5.82 Å². The summed E-state index contributed by atoms with van der Waals surface area (Å²) < 4.78 is 13.4. The monoisotopic (exact) mass is 275 g/mol. The Balaban J connectivity index is 1.99. The van der Waals surface area contributed by atoms with Crippen molar-refractivity contribution < 1.29 is 9.18 Å². The lowest BCUT2D eigenvalue weighted by Crippen LogP contribution is -2.22. The van der Waals surface area contributed by atoms with Crippen LogP contribution in [0.5, 0.6) is 0 Å². The van der Waals surface area contributed by atoms with E-state index in [0.717, 1.165) is 4.90 Å². The summed E-state index contributed by atoms with van der Waals surface area (Å²) >= 11 is 1.44. The number of carbonyl (C=O) groups excluding carboxylic acids is 1. The summed E-state index contributed by atoms with van der Waals surface area (Å²) in [5, 5.41) is 2.31. The minimum atomic E-state index is -0.423. The molecule has 1 amide bonds. The standard InChI is InChI=1S/C15H14FNOS/c1-11(19-12-7-3-2-4-8-12)15(18)17-14-10-6-5-9-13(14)16/h2-11H,1H3,(H,17,18)/t11-/m1/s1. The molecule has 0 unspecified atom stereocenters. The molecule has 0 radical (unpaired) electrons. The summed E-state index contributed by atoms with van der Waals surface area (Å²) in [5.74, 6) is -0.633. The molecule has 4 heteroatoms. The fraction of sp³-hybridized carbons (Fsp3) is 0.133. The average Bonchev–Trinajstić information content (AvgIpc) is 2.42. The average molecular weight is 275 g/mol. The van der Waals surface area contributed by atoms with Gasteiger partial charge in [-0.3, -0.25) is 4.79 Å². The lowest BCUT2D eigenvalue weighted by molar-refractivity contribution is -0.115. The van der Waals surface area contributed by atoms with Crippen LogP contribution in [0.3, 0.4) is 0 Å². The van der Waals surface area contributed by atoms with Gasteiger partial charge in [0.05, 0.1) is 10.9 Å². The van der Waals surface area contributed by atoms with E-state index in [1.54, 1.807) is 25.1 Å². The molecule has 0 spiro atoms. The third-order valence-corrected chi connectivity index (χ3v) is 3.67. The van der Waals surface area contributed by atoms with Crippen molar-refractivity contribution in [3.8, 4) is 0 Å². The number of benzene rings is 2. The zero-order chi connectivity index (χ0) is 13.7. The van der Waals surface area contributed by atoms with Gasteiger partial charge < -0.3 is 5.32 Å². The Morgan fingerprint density at radius 3 is 2.42 bits per heavy atom. The smallest absolute Gasteiger partial charge is 0.237 e. The van der Waals surface area contributed by atoms with Gasteiger partial charge in [0, 0.05) is 4.90 Å². The molecule has 0 saturated carbocycles. The molecule has 2 aromatic carbocycles. The minimum absolute atomic E-state index is 0.209. The highest BCUT2D eigenvalue weighted by Crippen LogP contribution is 2.24. The van der Waals surface area contributed by atoms with E-state index in [1.165, 1.54) is 17.8 Å². The van der Waals surface area contributed by atoms with Crippen molar-refractivity contribution in [2.45, 2.75) is 17.1 Å². The lowest BCUT2D eigenvalue weighted by atomic mass is 10.3. The van der Waals surface area contributed by atoms with Gasteiger partial charge in [-0.25, -0.2) is 4.39 Å². The largest absolute Gasteiger partial charge is 0.323 e. The molecule has 0 saturated heterocycles. The van der Waals surface area contributed by atoms with E-state index in [4.69, 9.17) is 0 Å². The molecule has 0 fully saturated rings. The van der Waals surface area contributed by atoms with E-state index in [9.17, 15) is 9.18 Å². The Kier molecular flexibility index (Phi) is 4.58. The van der Waals surface area contributed by atoms with Gasteiger partial charge in [0.25, 0.3) is 0 Å². The topological polar surface area (TPSA) is 29.1 Å². The molecule has 2 aromatic rings. The minimum Gasteiger partial charge on any atom is -0.323 e. The summed E-state index contributed by atoms with van der Waals surface area (Å²) in [6, 6.07) is 15.8. The summed E-state index contributed by atoms with van der Waals surface area (Å²) in [7, 11) is 0. The predicted octanol–water partition coefficient (Wildman–Crippen LogP) is 3.95. The van der Waals surface area contributed by atoms with Gasteiger partial charge in [-0.15, -0.1) is 11.8 Å². The fourth-order valence-corrected chi connectivity index (χ4v) is 2.44. The SMILES string of the molecule is C[C@@H](Sc1ccccc1)C(=O)Nc1ccccc1F. The van der Waals surface area contributed by atoms with Crippen LogP contribution in [0, 0.1) is 5.82 Å². The van der Waals surface area contributed by atoms with Gasteiger partial charge in [-0.2, -0.15) is 0 Å². The molecular formula is C15H14FNOS. The number of halogens is 1. The van der Waals surface area contributed by atoms with Crippen LogP contribution in [-0.4, -0.2) is 11.2 Å². The molecule has 0 aliphatic rings. The Labute approximate surface area is 116 Å². The molecule has 98 valence electrons. The highest BCUT2D eigenvalue weighted by atomic mass is 32.2. The molecule has 1 N–H and O–H groups in total. The first kappa shape index (κ1) is 13.6. The maximum absolute atomic E-state index is 13.4. The van der Waals surface area contributed by atoms with Crippen LogP contribution < -0.4 is 5.32 Å². The number of thioether (sulfide) groups is 1. The number of rotatable bonds is 4. The van der Waals surface area contributed by atoms with Crippen LogP contribution in [0.2, 0.25) is 0 Å². The van der Waals surface area contributed by atoms with Crippen LogP contribution >= 0.6 is 11.8 Å². The first-order valence-electron chi connectivity index (χ1n) is 5.94. The summed E-state index contributed by atoms with van der Waals surface area (Å²) in [4.78, 5) is 13.0. The molecule has 0 aromatic heterocycles. The van der Waals surface area contributed by atoms with Crippen molar-refractivity contribution >= 4 is 23.4 Å². The third-order valence-electron chi connectivity index (χ3n) is 2.56. The van der Waals surface area contributed by atoms with E-state index >= 15 is 0 Å². The number of nitrogens with one attached hydrogen (secondary N) is 1. The second-order valence-corrected chi connectivity index (χ2v) is 5.46. The normalized spacial score (nSPS) is 11.9. The summed E-state index contributed by atoms with van der Waals surface area (Å²) in [6.45, 7) is 1.80. The second-order valence-electron chi connectivity index (χ2n) is 4.04. The number of hydrogen-bond donors (Lipinski definition) is 1. The molecule has 0 aliphatic carbocycles. The van der Waals surface area contributed by atoms with Gasteiger partial charge in [0.15, 0.2) is 0 Å². The highest BCUT2D eigenvalue weighted by molar-refractivity contribution is 8.00.